The zero-order valence-electron chi connectivity index (χ0n) is 11.2. The van der Waals surface area contributed by atoms with Crippen molar-refractivity contribution in [1.82, 2.24) is 0 Å². The summed E-state index contributed by atoms with van der Waals surface area (Å²) in [6.45, 7) is 6.26. The largest absolute Gasteiger partial charge is 0.493 e. The molecule has 1 aromatic carbocycles. The van der Waals surface area contributed by atoms with E-state index in [1.54, 1.807) is 20.1 Å². The van der Waals surface area contributed by atoms with Gasteiger partial charge in [0.05, 0.1) is 12.8 Å². The van der Waals surface area contributed by atoms with Gasteiger partial charge in [-0.3, -0.25) is 0 Å². The third-order valence-corrected chi connectivity index (χ3v) is 2.46. The minimum Gasteiger partial charge on any atom is -0.493 e. The molecule has 1 N–H and O–H groups in total. The fraction of sp³-hybridized carbons (Fsp3) is 0.357. The van der Waals surface area contributed by atoms with E-state index in [9.17, 15) is 0 Å². The summed E-state index contributed by atoms with van der Waals surface area (Å²) in [4.78, 5) is 0. The predicted molar refractivity (Wildman–Crippen MR) is 71.9 cm³/mol. The molecule has 0 unspecified atom stereocenters. The minimum absolute atomic E-state index is 0.505. The highest BCUT2D eigenvalue weighted by atomic mass is 16.5. The molecule has 1 aromatic rings. The first-order valence-corrected chi connectivity index (χ1v) is 5.71. The zero-order valence-corrected chi connectivity index (χ0v) is 11.2. The number of allylic oxidation sites excluding steroid dienone is 1. The second-order valence-corrected chi connectivity index (χ2v) is 4.14. The molecule has 0 aliphatic heterocycles. The van der Waals surface area contributed by atoms with Crippen molar-refractivity contribution < 1.29 is 14.7 Å². The van der Waals surface area contributed by atoms with Gasteiger partial charge in [-0.25, -0.2) is 0 Å². The maximum absolute atomic E-state index is 8.73. The highest BCUT2D eigenvalue weighted by molar-refractivity contribution is 5.98. The summed E-state index contributed by atoms with van der Waals surface area (Å²) in [6, 6.07) is 5.42. The second-order valence-electron chi connectivity index (χ2n) is 4.14. The summed E-state index contributed by atoms with van der Waals surface area (Å²) in [5, 5.41) is 11.9. The fourth-order valence-corrected chi connectivity index (χ4v) is 1.37. The van der Waals surface area contributed by atoms with Crippen LogP contribution in [-0.4, -0.2) is 24.6 Å². The van der Waals surface area contributed by atoms with Crippen LogP contribution in [0.3, 0.4) is 0 Å². The Morgan fingerprint density at radius 1 is 1.28 bits per heavy atom. The first-order valence-electron chi connectivity index (χ1n) is 5.71. The summed E-state index contributed by atoms with van der Waals surface area (Å²) in [6.07, 6.45) is 1.99. The summed E-state index contributed by atoms with van der Waals surface area (Å²) in [5.41, 5.74) is 2.53. The number of nitrogens with zero attached hydrogens (tertiary/aromatic N) is 1. The molecule has 0 saturated carbocycles. The van der Waals surface area contributed by atoms with Crippen LogP contribution in [0.5, 0.6) is 11.5 Å². The van der Waals surface area contributed by atoms with Crippen LogP contribution in [0.1, 0.15) is 26.3 Å². The molecule has 0 bridgehead atoms. The van der Waals surface area contributed by atoms with Gasteiger partial charge in [0.1, 0.15) is 6.61 Å². The van der Waals surface area contributed by atoms with Gasteiger partial charge in [-0.05, 0) is 45.0 Å². The molecular formula is C14H19NO3. The Bertz CT molecular complexity index is 460. The average Bonchev–Trinajstić information content (AvgIpc) is 2.37. The van der Waals surface area contributed by atoms with Crippen molar-refractivity contribution in [3.63, 3.8) is 0 Å². The molecule has 0 aromatic heterocycles. The lowest BCUT2D eigenvalue weighted by atomic mass is 10.1. The molecule has 1 rings (SSSR count). The maximum atomic E-state index is 8.73. The van der Waals surface area contributed by atoms with Crippen LogP contribution in [0.2, 0.25) is 0 Å². The number of ether oxygens (including phenoxy) is 2. The number of hydrogen-bond donors (Lipinski definition) is 1. The normalized spacial score (nSPS) is 11.0. The Hall–Kier alpha value is -1.97. The predicted octanol–water partition coefficient (Wildman–Crippen LogP) is 3.24. The van der Waals surface area contributed by atoms with Crippen molar-refractivity contribution in [3.8, 4) is 11.5 Å². The Kier molecular flexibility index (Phi) is 5.24. The van der Waals surface area contributed by atoms with Gasteiger partial charge >= 0.3 is 0 Å². The Morgan fingerprint density at radius 2 is 2.00 bits per heavy atom. The molecule has 18 heavy (non-hydrogen) atoms. The Labute approximate surface area is 108 Å². The van der Waals surface area contributed by atoms with Crippen molar-refractivity contribution in [1.29, 1.82) is 0 Å². The van der Waals surface area contributed by atoms with Crippen LogP contribution < -0.4 is 9.47 Å². The molecule has 0 atom stereocenters. The lowest BCUT2D eigenvalue weighted by Crippen LogP contribution is -2.00. The van der Waals surface area contributed by atoms with Crippen LogP contribution in [0, 0.1) is 0 Å². The van der Waals surface area contributed by atoms with Gasteiger partial charge in [-0.1, -0.05) is 10.7 Å². The quantitative estimate of drug-likeness (QED) is 0.377. The van der Waals surface area contributed by atoms with Crippen molar-refractivity contribution in [2.24, 2.45) is 5.16 Å². The van der Waals surface area contributed by atoms with Crippen LogP contribution in [0.25, 0.3) is 0 Å². The number of rotatable bonds is 5. The summed E-state index contributed by atoms with van der Waals surface area (Å²) in [7, 11) is 1.58. The minimum atomic E-state index is 0.505. The van der Waals surface area contributed by atoms with Crippen molar-refractivity contribution in [2.75, 3.05) is 13.7 Å². The SMILES string of the molecule is COc1cc(/C(C)=N/O)ccc1OCC=C(C)C. The smallest absolute Gasteiger partial charge is 0.161 e. The number of benzene rings is 1. The van der Waals surface area contributed by atoms with Crippen molar-refractivity contribution >= 4 is 5.71 Å². The van der Waals surface area contributed by atoms with Crippen LogP contribution in [0.15, 0.2) is 35.0 Å². The molecular weight excluding hydrogens is 230 g/mol. The van der Waals surface area contributed by atoms with Gasteiger partial charge in [0, 0.05) is 5.56 Å². The molecule has 0 spiro atoms. The number of oxime groups is 1. The standard InChI is InChI=1S/C14H19NO3/c1-10(2)7-8-18-13-6-5-12(11(3)15-16)9-14(13)17-4/h5-7,9,16H,8H2,1-4H3/b15-11+. The summed E-state index contributed by atoms with van der Waals surface area (Å²) >= 11 is 0. The van der Waals surface area contributed by atoms with Gasteiger partial charge < -0.3 is 14.7 Å². The third kappa shape index (κ3) is 3.80. The van der Waals surface area contributed by atoms with E-state index in [0.29, 0.717) is 23.8 Å². The van der Waals surface area contributed by atoms with Gasteiger partial charge in [0.2, 0.25) is 0 Å². The number of methoxy groups -OCH3 is 1. The second kappa shape index (κ2) is 6.69. The van der Waals surface area contributed by atoms with E-state index in [0.717, 1.165) is 5.56 Å². The molecule has 4 heteroatoms. The molecule has 0 aliphatic carbocycles. The molecule has 0 aliphatic rings. The molecule has 0 heterocycles. The van der Waals surface area contributed by atoms with Crippen LogP contribution in [0.4, 0.5) is 0 Å². The molecule has 0 amide bonds. The Morgan fingerprint density at radius 3 is 2.56 bits per heavy atom. The van der Waals surface area contributed by atoms with E-state index in [4.69, 9.17) is 14.7 Å². The summed E-state index contributed by atoms with van der Waals surface area (Å²) < 4.78 is 10.9. The fourth-order valence-electron chi connectivity index (χ4n) is 1.37. The highest BCUT2D eigenvalue weighted by Gasteiger charge is 2.07. The van der Waals surface area contributed by atoms with E-state index in [1.165, 1.54) is 5.57 Å². The lowest BCUT2D eigenvalue weighted by molar-refractivity contribution is 0.318. The highest BCUT2D eigenvalue weighted by Crippen LogP contribution is 2.28. The van der Waals surface area contributed by atoms with Gasteiger partial charge in [-0.2, -0.15) is 0 Å². The van der Waals surface area contributed by atoms with Gasteiger partial charge in [0.15, 0.2) is 11.5 Å². The molecule has 98 valence electrons. The average molecular weight is 249 g/mol. The molecule has 4 nitrogen and oxygen atoms in total. The molecule has 0 fully saturated rings. The van der Waals surface area contributed by atoms with E-state index >= 15 is 0 Å². The monoisotopic (exact) mass is 249 g/mol. The van der Waals surface area contributed by atoms with Crippen molar-refractivity contribution in [2.45, 2.75) is 20.8 Å². The number of hydrogen-bond acceptors (Lipinski definition) is 4. The first kappa shape index (κ1) is 14.1. The molecule has 0 radical (unpaired) electrons. The van der Waals surface area contributed by atoms with Crippen LogP contribution >= 0.6 is 0 Å². The third-order valence-electron chi connectivity index (χ3n) is 2.46. The summed E-state index contributed by atoms with van der Waals surface area (Å²) in [5.74, 6) is 1.29. The zero-order chi connectivity index (χ0) is 13.5. The van der Waals surface area contributed by atoms with E-state index in [1.807, 2.05) is 32.1 Å². The van der Waals surface area contributed by atoms with E-state index in [-0.39, 0.29) is 0 Å². The van der Waals surface area contributed by atoms with E-state index in [2.05, 4.69) is 5.16 Å². The first-order chi connectivity index (χ1) is 8.58. The van der Waals surface area contributed by atoms with Crippen LogP contribution in [-0.2, 0) is 0 Å². The lowest BCUT2D eigenvalue weighted by Gasteiger charge is -2.10. The maximum Gasteiger partial charge on any atom is 0.161 e. The van der Waals surface area contributed by atoms with Gasteiger partial charge in [0.25, 0.3) is 0 Å². The van der Waals surface area contributed by atoms with Crippen molar-refractivity contribution in [3.05, 3.63) is 35.4 Å². The van der Waals surface area contributed by atoms with Gasteiger partial charge in [-0.15, -0.1) is 0 Å². The topological polar surface area (TPSA) is 51.0 Å². The Balaban J connectivity index is 2.90. The van der Waals surface area contributed by atoms with E-state index < -0.39 is 0 Å². The molecule has 0 saturated heterocycles.